The summed E-state index contributed by atoms with van der Waals surface area (Å²) < 4.78 is 17.4. The first-order valence-electron chi connectivity index (χ1n) is 10.2. The molecule has 0 bridgehead atoms. The van der Waals surface area contributed by atoms with E-state index in [2.05, 4.69) is 6.92 Å². The highest BCUT2D eigenvalue weighted by molar-refractivity contribution is 6.31. The highest BCUT2D eigenvalue weighted by atomic mass is 35.5. The van der Waals surface area contributed by atoms with Crippen LogP contribution in [-0.4, -0.2) is 16.9 Å². The maximum absolute atomic E-state index is 13.2. The fourth-order valence-electron chi connectivity index (χ4n) is 3.59. The lowest BCUT2D eigenvalue weighted by Crippen LogP contribution is -2.39. The van der Waals surface area contributed by atoms with Crippen molar-refractivity contribution in [3.8, 4) is 5.75 Å². The van der Waals surface area contributed by atoms with Crippen LogP contribution in [-0.2, 0) is 17.9 Å². The first kappa shape index (κ1) is 20.6. The Morgan fingerprint density at radius 1 is 1.23 bits per heavy atom. The molecule has 1 saturated carbocycles. The molecule has 0 aliphatic heterocycles. The van der Waals surface area contributed by atoms with Gasteiger partial charge in [0.25, 0.3) is 5.91 Å². The zero-order chi connectivity index (χ0) is 21.3. The van der Waals surface area contributed by atoms with E-state index in [9.17, 15) is 4.79 Å². The smallest absolute Gasteiger partial charge is 0.264 e. The molecule has 5 nitrogen and oxygen atoms in total. The van der Waals surface area contributed by atoms with Gasteiger partial charge in [0, 0.05) is 10.9 Å². The van der Waals surface area contributed by atoms with E-state index in [1.807, 2.05) is 37.3 Å². The Balaban J connectivity index is 1.48. The van der Waals surface area contributed by atoms with E-state index in [1.165, 1.54) is 0 Å². The quantitative estimate of drug-likeness (QED) is 0.445. The Morgan fingerprint density at radius 3 is 2.67 bits per heavy atom. The van der Waals surface area contributed by atoms with Gasteiger partial charge in [0.1, 0.15) is 23.0 Å². The molecular formula is C24H26ClNO4. The Bertz CT molecular complexity index is 1010. The van der Waals surface area contributed by atoms with Gasteiger partial charge in [-0.15, -0.1) is 0 Å². The molecule has 0 spiro atoms. The molecule has 1 aromatic carbocycles. The van der Waals surface area contributed by atoms with Crippen LogP contribution in [0, 0.1) is 12.8 Å². The number of rotatable bonds is 8. The molecule has 30 heavy (non-hydrogen) atoms. The molecule has 4 rings (SSSR count). The topological polar surface area (TPSA) is 55.8 Å². The molecular weight excluding hydrogens is 402 g/mol. The third-order valence-electron chi connectivity index (χ3n) is 5.53. The molecule has 2 heterocycles. The fraction of sp³-hybridized carbons (Fsp3) is 0.375. The molecule has 1 amide bonds. The summed E-state index contributed by atoms with van der Waals surface area (Å²) in [6.45, 7) is 6.57. The van der Waals surface area contributed by atoms with Crippen LogP contribution in [0.2, 0.25) is 5.02 Å². The summed E-state index contributed by atoms with van der Waals surface area (Å²) in [5, 5.41) is 0.666. The fourth-order valence-corrected chi connectivity index (χ4v) is 3.71. The molecule has 158 valence electrons. The number of hydrogen-bond acceptors (Lipinski definition) is 4. The van der Waals surface area contributed by atoms with E-state index in [-0.39, 0.29) is 5.91 Å². The van der Waals surface area contributed by atoms with E-state index in [4.69, 9.17) is 25.2 Å². The van der Waals surface area contributed by atoms with Crippen LogP contribution in [0.1, 0.15) is 49.0 Å². The molecule has 1 aliphatic carbocycles. The SMILES string of the molecule is Cc1cc(OC(C)C(=O)N(Cc2ccco2)Cc2ccc(C3CC3C)o2)ccc1Cl. The molecule has 3 unspecified atom stereocenters. The van der Waals surface area contributed by atoms with E-state index >= 15 is 0 Å². The molecule has 3 aromatic rings. The predicted octanol–water partition coefficient (Wildman–Crippen LogP) is 5.95. The van der Waals surface area contributed by atoms with Crippen molar-refractivity contribution in [1.29, 1.82) is 0 Å². The summed E-state index contributed by atoms with van der Waals surface area (Å²) in [7, 11) is 0. The standard InChI is InChI=1S/C24H26ClNO4/c1-15-12-21(15)23-9-7-20(30-23)14-26(13-19-5-4-10-28-19)24(27)17(3)29-18-6-8-22(25)16(2)11-18/h4-11,15,17,21H,12-14H2,1-3H3. The first-order valence-corrected chi connectivity index (χ1v) is 10.6. The average molecular weight is 428 g/mol. The largest absolute Gasteiger partial charge is 0.481 e. The van der Waals surface area contributed by atoms with Gasteiger partial charge in [0.15, 0.2) is 6.10 Å². The predicted molar refractivity (Wildman–Crippen MR) is 114 cm³/mol. The minimum atomic E-state index is -0.668. The number of hydrogen-bond donors (Lipinski definition) is 0. The first-order chi connectivity index (χ1) is 14.4. The minimum Gasteiger partial charge on any atom is -0.481 e. The Morgan fingerprint density at radius 2 is 2.00 bits per heavy atom. The van der Waals surface area contributed by atoms with Crippen molar-refractivity contribution in [3.63, 3.8) is 0 Å². The van der Waals surface area contributed by atoms with Crippen molar-refractivity contribution < 1.29 is 18.4 Å². The number of furan rings is 2. The highest BCUT2D eigenvalue weighted by Gasteiger charge is 2.36. The van der Waals surface area contributed by atoms with Crippen molar-refractivity contribution in [1.82, 2.24) is 4.90 Å². The second kappa shape index (κ2) is 8.60. The number of halogens is 1. The second-order valence-electron chi connectivity index (χ2n) is 8.07. The molecule has 0 N–H and O–H groups in total. The van der Waals surface area contributed by atoms with Crippen molar-refractivity contribution in [2.45, 2.75) is 52.3 Å². The van der Waals surface area contributed by atoms with Crippen LogP contribution in [0.3, 0.4) is 0 Å². The monoisotopic (exact) mass is 427 g/mol. The van der Waals surface area contributed by atoms with Crippen molar-refractivity contribution in [2.75, 3.05) is 0 Å². The zero-order valence-corrected chi connectivity index (χ0v) is 18.2. The summed E-state index contributed by atoms with van der Waals surface area (Å²) in [6, 6.07) is 13.0. The van der Waals surface area contributed by atoms with Crippen LogP contribution in [0.15, 0.2) is 57.6 Å². The van der Waals surface area contributed by atoms with Crippen molar-refractivity contribution in [2.24, 2.45) is 5.92 Å². The maximum Gasteiger partial charge on any atom is 0.264 e. The Labute approximate surface area is 181 Å². The molecule has 0 radical (unpaired) electrons. The van der Waals surface area contributed by atoms with Crippen LogP contribution >= 0.6 is 11.6 Å². The molecule has 2 aromatic heterocycles. The van der Waals surface area contributed by atoms with Crippen molar-refractivity contribution in [3.05, 3.63) is 76.6 Å². The van der Waals surface area contributed by atoms with Gasteiger partial charge in [-0.3, -0.25) is 4.79 Å². The van der Waals surface area contributed by atoms with Crippen LogP contribution < -0.4 is 4.74 Å². The number of amides is 1. The summed E-state index contributed by atoms with van der Waals surface area (Å²) in [5.74, 6) is 4.11. The average Bonchev–Trinajstić information content (AvgIpc) is 3.11. The molecule has 1 aliphatic rings. The van der Waals surface area contributed by atoms with Gasteiger partial charge in [-0.05, 0) is 74.2 Å². The minimum absolute atomic E-state index is 0.142. The van der Waals surface area contributed by atoms with Crippen LogP contribution in [0.25, 0.3) is 0 Å². The van der Waals surface area contributed by atoms with E-state index < -0.39 is 6.10 Å². The number of carbonyl (C=O) groups excluding carboxylic acids is 1. The molecule has 6 heteroatoms. The third-order valence-corrected chi connectivity index (χ3v) is 5.96. The normalized spacial score (nSPS) is 18.8. The van der Waals surface area contributed by atoms with Gasteiger partial charge in [0.05, 0.1) is 19.4 Å². The van der Waals surface area contributed by atoms with Crippen LogP contribution in [0.5, 0.6) is 5.75 Å². The summed E-state index contributed by atoms with van der Waals surface area (Å²) in [5.41, 5.74) is 0.902. The Hall–Kier alpha value is -2.66. The summed E-state index contributed by atoms with van der Waals surface area (Å²) in [4.78, 5) is 14.9. The van der Waals surface area contributed by atoms with Crippen LogP contribution in [0.4, 0.5) is 0 Å². The second-order valence-corrected chi connectivity index (χ2v) is 8.48. The third kappa shape index (κ3) is 4.73. The van der Waals surface area contributed by atoms with Gasteiger partial charge in [-0.1, -0.05) is 18.5 Å². The molecule has 0 saturated heterocycles. The lowest BCUT2D eigenvalue weighted by Gasteiger charge is -2.25. The van der Waals surface area contributed by atoms with Crippen molar-refractivity contribution >= 4 is 17.5 Å². The number of ether oxygens (including phenoxy) is 1. The number of aryl methyl sites for hydroxylation is 1. The van der Waals surface area contributed by atoms with Gasteiger partial charge in [-0.25, -0.2) is 0 Å². The maximum atomic E-state index is 13.2. The van der Waals surface area contributed by atoms with Gasteiger partial charge in [0.2, 0.25) is 0 Å². The summed E-state index contributed by atoms with van der Waals surface area (Å²) in [6.07, 6.45) is 2.10. The van der Waals surface area contributed by atoms with Gasteiger partial charge < -0.3 is 18.5 Å². The summed E-state index contributed by atoms with van der Waals surface area (Å²) >= 11 is 6.09. The lowest BCUT2D eigenvalue weighted by atomic mass is 10.2. The van der Waals surface area contributed by atoms with Gasteiger partial charge >= 0.3 is 0 Å². The number of carbonyl (C=O) groups is 1. The zero-order valence-electron chi connectivity index (χ0n) is 17.4. The number of nitrogens with zero attached hydrogens (tertiary/aromatic N) is 1. The van der Waals surface area contributed by atoms with E-state index in [0.29, 0.717) is 41.5 Å². The molecule has 3 atom stereocenters. The van der Waals surface area contributed by atoms with E-state index in [1.54, 1.807) is 30.2 Å². The van der Waals surface area contributed by atoms with E-state index in [0.717, 1.165) is 23.5 Å². The molecule has 1 fully saturated rings. The lowest BCUT2D eigenvalue weighted by molar-refractivity contribution is -0.139. The number of benzene rings is 1. The Kier molecular flexibility index (Phi) is 5.91. The highest BCUT2D eigenvalue weighted by Crippen LogP contribution is 2.47. The van der Waals surface area contributed by atoms with Gasteiger partial charge in [-0.2, -0.15) is 0 Å².